The second-order valence-electron chi connectivity index (χ2n) is 4.32. The van der Waals surface area contributed by atoms with Crippen LogP contribution in [0.5, 0.6) is 0 Å². The van der Waals surface area contributed by atoms with Crippen LogP contribution in [0.4, 0.5) is 10.5 Å². The van der Waals surface area contributed by atoms with Crippen LogP contribution in [0, 0.1) is 12.3 Å². The summed E-state index contributed by atoms with van der Waals surface area (Å²) in [5.41, 5.74) is -0.655. The van der Waals surface area contributed by atoms with Gasteiger partial charge in [-0.1, -0.05) is 12.0 Å². The Morgan fingerprint density at radius 3 is 2.58 bits per heavy atom. The number of rotatable bonds is 3. The number of hydrogen-bond donors (Lipinski definition) is 3. The fourth-order valence-electron chi connectivity index (χ4n) is 1.29. The number of anilines is 1. The normalized spacial score (nSPS) is 10.4. The van der Waals surface area contributed by atoms with E-state index in [-0.39, 0.29) is 11.3 Å². The predicted octanol–water partition coefficient (Wildman–Crippen LogP) is 2.68. The minimum atomic E-state index is -1.13. The molecule has 0 saturated heterocycles. The van der Waals surface area contributed by atoms with E-state index in [0.29, 0.717) is 4.47 Å². The molecule has 1 aromatic carbocycles. The molecule has 0 fully saturated rings. The minimum Gasteiger partial charge on any atom is -0.478 e. The summed E-state index contributed by atoms with van der Waals surface area (Å²) in [6.45, 7) is 3.31. The number of carboxylic acids is 1. The van der Waals surface area contributed by atoms with Gasteiger partial charge < -0.3 is 15.7 Å². The standard InChI is InChI=1S/C13H13BrN2O3/c1-4-13(2,3)16-12(19)15-10-8(11(17)18)6-5-7-9(10)14/h1,5-7H,2-3H3,(H,17,18)(H2,15,16,19). The first-order valence-electron chi connectivity index (χ1n) is 5.35. The number of aromatic carboxylic acids is 1. The number of carboxylic acid groups (broad SMARTS) is 1. The minimum absolute atomic E-state index is 0.0111. The molecule has 0 aliphatic rings. The molecule has 1 rings (SSSR count). The van der Waals surface area contributed by atoms with E-state index in [1.54, 1.807) is 26.0 Å². The molecule has 100 valence electrons. The van der Waals surface area contributed by atoms with E-state index in [1.165, 1.54) is 6.07 Å². The van der Waals surface area contributed by atoms with Crippen molar-refractivity contribution in [2.45, 2.75) is 19.4 Å². The van der Waals surface area contributed by atoms with Gasteiger partial charge in [0.1, 0.15) is 0 Å². The van der Waals surface area contributed by atoms with Crippen molar-refractivity contribution in [1.82, 2.24) is 5.32 Å². The quantitative estimate of drug-likeness (QED) is 0.748. The first-order chi connectivity index (χ1) is 8.76. The van der Waals surface area contributed by atoms with Crippen molar-refractivity contribution in [2.75, 3.05) is 5.32 Å². The van der Waals surface area contributed by atoms with Crippen molar-refractivity contribution >= 4 is 33.6 Å². The number of para-hydroxylation sites is 1. The summed E-state index contributed by atoms with van der Waals surface area (Å²) in [5.74, 6) is 1.28. The Bertz CT molecular complexity index is 561. The van der Waals surface area contributed by atoms with E-state index in [1.807, 2.05) is 0 Å². The summed E-state index contributed by atoms with van der Waals surface area (Å²) in [6.07, 6.45) is 5.26. The van der Waals surface area contributed by atoms with Crippen molar-refractivity contribution in [3.05, 3.63) is 28.2 Å². The van der Waals surface area contributed by atoms with E-state index in [0.717, 1.165) is 0 Å². The molecule has 0 heterocycles. The molecule has 19 heavy (non-hydrogen) atoms. The fourth-order valence-corrected chi connectivity index (χ4v) is 1.76. The zero-order valence-electron chi connectivity index (χ0n) is 10.5. The third-order valence-corrected chi connectivity index (χ3v) is 2.93. The van der Waals surface area contributed by atoms with Gasteiger partial charge >= 0.3 is 12.0 Å². The lowest BCUT2D eigenvalue weighted by molar-refractivity contribution is 0.0698. The largest absolute Gasteiger partial charge is 0.478 e. The topological polar surface area (TPSA) is 78.4 Å². The first kappa shape index (κ1) is 15.1. The van der Waals surface area contributed by atoms with Gasteiger partial charge in [-0.3, -0.25) is 0 Å². The molecule has 0 radical (unpaired) electrons. The Kier molecular flexibility index (Phi) is 4.57. The molecular formula is C13H13BrN2O3. The highest BCUT2D eigenvalue weighted by molar-refractivity contribution is 9.10. The number of nitrogens with one attached hydrogen (secondary N) is 2. The molecule has 6 heteroatoms. The van der Waals surface area contributed by atoms with Gasteiger partial charge in [0.15, 0.2) is 0 Å². The average molecular weight is 325 g/mol. The molecule has 0 aromatic heterocycles. The summed E-state index contributed by atoms with van der Waals surface area (Å²) >= 11 is 3.19. The molecule has 0 atom stereocenters. The van der Waals surface area contributed by atoms with Crippen LogP contribution in [-0.4, -0.2) is 22.6 Å². The lowest BCUT2D eigenvalue weighted by Gasteiger charge is -2.20. The number of halogens is 1. The summed E-state index contributed by atoms with van der Waals surface area (Å²) in [5, 5.41) is 14.1. The van der Waals surface area contributed by atoms with Gasteiger partial charge in [-0.05, 0) is 41.9 Å². The van der Waals surface area contributed by atoms with E-state index < -0.39 is 17.5 Å². The molecule has 0 unspecified atom stereocenters. The number of terminal acetylenes is 1. The van der Waals surface area contributed by atoms with Crippen LogP contribution in [-0.2, 0) is 0 Å². The Morgan fingerprint density at radius 2 is 2.05 bits per heavy atom. The number of carbonyl (C=O) groups is 2. The maximum atomic E-state index is 11.8. The Hall–Kier alpha value is -2.00. The Labute approximate surface area is 119 Å². The predicted molar refractivity (Wildman–Crippen MR) is 76.2 cm³/mol. The molecule has 0 bridgehead atoms. The molecule has 5 nitrogen and oxygen atoms in total. The number of carbonyl (C=O) groups excluding carboxylic acids is 1. The van der Waals surface area contributed by atoms with Crippen LogP contribution < -0.4 is 10.6 Å². The summed E-state index contributed by atoms with van der Waals surface area (Å²) in [4.78, 5) is 22.9. The molecule has 1 aromatic rings. The van der Waals surface area contributed by atoms with Gasteiger partial charge in [0.05, 0.1) is 16.8 Å². The van der Waals surface area contributed by atoms with Gasteiger partial charge in [0, 0.05) is 4.47 Å². The fraction of sp³-hybridized carbons (Fsp3) is 0.231. The number of hydrogen-bond acceptors (Lipinski definition) is 2. The van der Waals surface area contributed by atoms with Crippen LogP contribution in [0.25, 0.3) is 0 Å². The van der Waals surface area contributed by atoms with E-state index in [9.17, 15) is 9.59 Å². The Balaban J connectivity index is 2.98. The molecule has 0 aliphatic carbocycles. The van der Waals surface area contributed by atoms with Crippen LogP contribution in [0.1, 0.15) is 24.2 Å². The van der Waals surface area contributed by atoms with Gasteiger partial charge in [0.25, 0.3) is 0 Å². The first-order valence-corrected chi connectivity index (χ1v) is 6.15. The highest BCUT2D eigenvalue weighted by Gasteiger charge is 2.20. The van der Waals surface area contributed by atoms with Crippen LogP contribution >= 0.6 is 15.9 Å². The number of urea groups is 1. The van der Waals surface area contributed by atoms with Crippen molar-refractivity contribution in [2.24, 2.45) is 0 Å². The molecule has 3 N–H and O–H groups in total. The van der Waals surface area contributed by atoms with E-state index >= 15 is 0 Å². The van der Waals surface area contributed by atoms with Crippen molar-refractivity contribution < 1.29 is 14.7 Å². The van der Waals surface area contributed by atoms with Crippen LogP contribution in [0.3, 0.4) is 0 Å². The van der Waals surface area contributed by atoms with E-state index in [4.69, 9.17) is 11.5 Å². The van der Waals surface area contributed by atoms with Crippen molar-refractivity contribution in [1.29, 1.82) is 0 Å². The lowest BCUT2D eigenvalue weighted by atomic mass is 10.1. The molecule has 0 aliphatic heterocycles. The zero-order chi connectivity index (χ0) is 14.6. The maximum Gasteiger partial charge on any atom is 0.337 e. The lowest BCUT2D eigenvalue weighted by Crippen LogP contribution is -2.44. The maximum absolute atomic E-state index is 11.8. The third-order valence-electron chi connectivity index (χ3n) is 2.27. The number of benzene rings is 1. The second-order valence-corrected chi connectivity index (χ2v) is 5.17. The highest BCUT2D eigenvalue weighted by atomic mass is 79.9. The van der Waals surface area contributed by atoms with E-state index in [2.05, 4.69) is 32.5 Å². The van der Waals surface area contributed by atoms with Gasteiger partial charge in [-0.15, -0.1) is 6.42 Å². The smallest absolute Gasteiger partial charge is 0.337 e. The van der Waals surface area contributed by atoms with Crippen LogP contribution in [0.15, 0.2) is 22.7 Å². The second kappa shape index (κ2) is 5.76. The molecular weight excluding hydrogens is 312 g/mol. The summed E-state index contributed by atoms with van der Waals surface area (Å²) < 4.78 is 0.473. The van der Waals surface area contributed by atoms with Crippen molar-refractivity contribution in [3.8, 4) is 12.3 Å². The average Bonchev–Trinajstić information content (AvgIpc) is 2.30. The Morgan fingerprint density at radius 1 is 1.42 bits per heavy atom. The molecule has 0 saturated carbocycles. The summed E-state index contributed by atoms with van der Waals surface area (Å²) in [7, 11) is 0. The highest BCUT2D eigenvalue weighted by Crippen LogP contribution is 2.26. The van der Waals surface area contributed by atoms with Crippen molar-refractivity contribution in [3.63, 3.8) is 0 Å². The van der Waals surface area contributed by atoms with Gasteiger partial charge in [0.2, 0.25) is 0 Å². The van der Waals surface area contributed by atoms with Gasteiger partial charge in [-0.2, -0.15) is 0 Å². The van der Waals surface area contributed by atoms with Crippen LogP contribution in [0.2, 0.25) is 0 Å². The monoisotopic (exact) mass is 324 g/mol. The molecule has 2 amide bonds. The summed E-state index contributed by atoms with van der Waals surface area (Å²) in [6, 6.07) is 4.03. The SMILES string of the molecule is C#CC(C)(C)NC(=O)Nc1c(Br)cccc1C(=O)O. The number of amides is 2. The zero-order valence-corrected chi connectivity index (χ0v) is 12.0. The van der Waals surface area contributed by atoms with Gasteiger partial charge in [-0.25, -0.2) is 9.59 Å². The third kappa shape index (κ3) is 4.00. The molecule has 0 spiro atoms.